The van der Waals surface area contributed by atoms with Crippen LogP contribution in [-0.2, 0) is 29.0 Å². The number of nitrogens with two attached hydrogens (primary N) is 1. The summed E-state index contributed by atoms with van der Waals surface area (Å²) in [6.45, 7) is 7.86. The Morgan fingerprint density at radius 3 is 2.29 bits per heavy atom. The molecule has 0 bridgehead atoms. The van der Waals surface area contributed by atoms with Crippen LogP contribution >= 0.6 is 0 Å². The number of nitrogens with one attached hydrogen (secondary N) is 1. The molecule has 1 aliphatic carbocycles. The monoisotopic (exact) mass is 571 g/mol. The zero-order chi connectivity index (χ0) is 30.0. The van der Waals surface area contributed by atoms with Gasteiger partial charge in [0.05, 0.1) is 17.4 Å². The number of hydrogen-bond acceptors (Lipinski definition) is 4. The number of nitrogens with zero attached hydrogens (tertiary/aromatic N) is 1. The molecule has 4 N–H and O–H groups in total. The molecule has 2 unspecified atom stereocenters. The first-order chi connectivity index (χ1) is 19.7. The number of carbonyl (C=O) groups is 2. The first-order valence-corrected chi connectivity index (χ1v) is 15.2. The van der Waals surface area contributed by atoms with Crippen LogP contribution < -0.4 is 11.1 Å². The molecule has 3 rings (SSSR count). The predicted molar refractivity (Wildman–Crippen MR) is 158 cm³/mol. The van der Waals surface area contributed by atoms with Crippen molar-refractivity contribution >= 4 is 11.8 Å². The van der Waals surface area contributed by atoms with E-state index in [1.54, 1.807) is 4.90 Å². The van der Waals surface area contributed by atoms with Crippen LogP contribution in [0.1, 0.15) is 76.0 Å². The van der Waals surface area contributed by atoms with Gasteiger partial charge in [0.25, 0.3) is 0 Å². The fourth-order valence-corrected chi connectivity index (χ4v) is 6.67. The Morgan fingerprint density at radius 1 is 1.02 bits per heavy atom. The number of aryl methyl sites for hydroxylation is 1. The number of aliphatic hydroxyl groups is 1. The molecule has 0 radical (unpaired) electrons. The lowest BCUT2D eigenvalue weighted by atomic mass is 9.56. The van der Waals surface area contributed by atoms with Crippen molar-refractivity contribution in [3.8, 4) is 0 Å². The summed E-state index contributed by atoms with van der Waals surface area (Å²) >= 11 is 0. The van der Waals surface area contributed by atoms with Crippen molar-refractivity contribution in [1.82, 2.24) is 10.2 Å². The minimum atomic E-state index is -1.36. The number of aliphatic hydroxyl groups excluding tert-OH is 1. The molecule has 4 atom stereocenters. The summed E-state index contributed by atoms with van der Waals surface area (Å²) in [5.41, 5.74) is 7.42. The van der Waals surface area contributed by atoms with Crippen LogP contribution in [0.25, 0.3) is 0 Å². The van der Waals surface area contributed by atoms with Crippen LogP contribution in [0.5, 0.6) is 0 Å². The third-order valence-corrected chi connectivity index (χ3v) is 8.60. The van der Waals surface area contributed by atoms with Gasteiger partial charge in [-0.05, 0) is 67.3 Å². The Labute approximate surface area is 243 Å². The van der Waals surface area contributed by atoms with Crippen molar-refractivity contribution in [3.63, 3.8) is 0 Å². The van der Waals surface area contributed by atoms with E-state index in [2.05, 4.69) is 24.4 Å². The number of primary amides is 1. The van der Waals surface area contributed by atoms with Crippen molar-refractivity contribution in [2.45, 2.75) is 84.8 Å². The van der Waals surface area contributed by atoms with Crippen LogP contribution in [-0.4, -0.2) is 47.6 Å². The van der Waals surface area contributed by atoms with E-state index < -0.39 is 40.9 Å². The van der Waals surface area contributed by atoms with Crippen molar-refractivity contribution in [2.24, 2.45) is 23.0 Å². The SMILES string of the molecule is CCCN(CCC)C(=O)C1CCCCC1(C(N)=O)[C@H](Cc1cc(F)cc(F)c1)[C@@H](O)CNCc1cccc(CC)c1. The molecule has 1 saturated carbocycles. The van der Waals surface area contributed by atoms with Gasteiger partial charge in [0.1, 0.15) is 11.6 Å². The fourth-order valence-electron chi connectivity index (χ4n) is 6.67. The molecule has 0 saturated heterocycles. The number of carbonyl (C=O) groups excluding carboxylic acids is 2. The average molecular weight is 572 g/mol. The topological polar surface area (TPSA) is 95.7 Å². The molecule has 6 nitrogen and oxygen atoms in total. The van der Waals surface area contributed by atoms with Crippen molar-refractivity contribution in [3.05, 3.63) is 70.8 Å². The number of benzene rings is 2. The molecule has 0 aliphatic heterocycles. The summed E-state index contributed by atoms with van der Waals surface area (Å²) in [6, 6.07) is 11.4. The number of hydrogen-bond donors (Lipinski definition) is 3. The molecule has 8 heteroatoms. The van der Waals surface area contributed by atoms with Crippen LogP contribution in [0.15, 0.2) is 42.5 Å². The van der Waals surface area contributed by atoms with E-state index in [1.165, 1.54) is 17.7 Å². The van der Waals surface area contributed by atoms with Gasteiger partial charge in [-0.2, -0.15) is 0 Å². The van der Waals surface area contributed by atoms with Gasteiger partial charge in [-0.15, -0.1) is 0 Å². The molecule has 0 heterocycles. The highest BCUT2D eigenvalue weighted by molar-refractivity contribution is 5.90. The summed E-state index contributed by atoms with van der Waals surface area (Å²) in [4.78, 5) is 29.4. The summed E-state index contributed by atoms with van der Waals surface area (Å²) < 4.78 is 28.5. The average Bonchev–Trinajstić information content (AvgIpc) is 2.94. The zero-order valence-electron chi connectivity index (χ0n) is 24.8. The molecule has 2 amide bonds. The minimum Gasteiger partial charge on any atom is -0.391 e. The van der Waals surface area contributed by atoms with E-state index in [1.807, 2.05) is 26.0 Å². The molecule has 1 fully saturated rings. The van der Waals surface area contributed by atoms with E-state index in [4.69, 9.17) is 5.73 Å². The standard InChI is InChI=1S/C33H47F2N3O3/c1-4-14-38(15-5-2)31(40)28-12-7-8-13-33(28,32(36)41)29(19-25-17-26(34)20-27(35)18-25)30(39)22-37-21-24-11-9-10-23(6-3)16-24/h9-11,16-18,20,28-30,37,39H,4-8,12-15,19,21-22H2,1-3H3,(H2,36,41)/t28?,29-,30+,33?/m1/s1. The summed E-state index contributed by atoms with van der Waals surface area (Å²) in [5, 5.41) is 15.0. The minimum absolute atomic E-state index is 0.0110. The molecule has 2 aromatic carbocycles. The lowest BCUT2D eigenvalue weighted by Gasteiger charge is -2.49. The zero-order valence-corrected chi connectivity index (χ0v) is 24.8. The van der Waals surface area contributed by atoms with Crippen molar-refractivity contribution in [1.29, 1.82) is 0 Å². The van der Waals surface area contributed by atoms with E-state index in [0.717, 1.165) is 37.3 Å². The fraction of sp³-hybridized carbons (Fsp3) is 0.576. The predicted octanol–water partition coefficient (Wildman–Crippen LogP) is 5.15. The molecule has 0 aromatic heterocycles. The molecule has 2 aromatic rings. The maximum Gasteiger partial charge on any atom is 0.226 e. The smallest absolute Gasteiger partial charge is 0.226 e. The largest absolute Gasteiger partial charge is 0.391 e. The first-order valence-electron chi connectivity index (χ1n) is 15.2. The molecular weight excluding hydrogens is 524 g/mol. The highest BCUT2D eigenvalue weighted by Crippen LogP contribution is 2.50. The highest BCUT2D eigenvalue weighted by Gasteiger charge is 2.56. The molecule has 1 aliphatic rings. The van der Waals surface area contributed by atoms with Crippen LogP contribution in [0, 0.1) is 28.9 Å². The van der Waals surface area contributed by atoms with Crippen LogP contribution in [0.4, 0.5) is 8.78 Å². The van der Waals surface area contributed by atoms with Gasteiger partial charge in [0, 0.05) is 38.2 Å². The van der Waals surface area contributed by atoms with Crippen LogP contribution in [0.2, 0.25) is 0 Å². The number of halogens is 2. The van der Waals surface area contributed by atoms with Crippen molar-refractivity contribution < 1.29 is 23.5 Å². The summed E-state index contributed by atoms with van der Waals surface area (Å²) in [7, 11) is 0. The van der Waals surface area contributed by atoms with Gasteiger partial charge >= 0.3 is 0 Å². The quantitative estimate of drug-likeness (QED) is 0.276. The van der Waals surface area contributed by atoms with Crippen molar-refractivity contribution in [2.75, 3.05) is 19.6 Å². The normalized spacial score (nSPS) is 20.4. The second kappa shape index (κ2) is 15.4. The van der Waals surface area contributed by atoms with E-state index in [0.29, 0.717) is 44.5 Å². The Kier molecular flexibility index (Phi) is 12.3. The van der Waals surface area contributed by atoms with Gasteiger partial charge in [-0.25, -0.2) is 8.78 Å². The third-order valence-electron chi connectivity index (χ3n) is 8.60. The van der Waals surface area contributed by atoms with Gasteiger partial charge in [0.2, 0.25) is 11.8 Å². The van der Waals surface area contributed by atoms with E-state index >= 15 is 0 Å². The lowest BCUT2D eigenvalue weighted by Crippen LogP contribution is -2.59. The molecule has 0 spiro atoms. The highest BCUT2D eigenvalue weighted by atomic mass is 19.1. The number of rotatable bonds is 15. The molecular formula is C33H47F2N3O3. The molecule has 41 heavy (non-hydrogen) atoms. The van der Waals surface area contributed by atoms with E-state index in [9.17, 15) is 23.5 Å². The first kappa shape index (κ1) is 32.7. The summed E-state index contributed by atoms with van der Waals surface area (Å²) in [6.07, 6.45) is 3.63. The van der Waals surface area contributed by atoms with Gasteiger partial charge < -0.3 is 21.1 Å². The lowest BCUT2D eigenvalue weighted by molar-refractivity contribution is -0.158. The molecule has 226 valence electrons. The Hall–Kier alpha value is -2.84. The Balaban J connectivity index is 1.99. The summed E-state index contributed by atoms with van der Waals surface area (Å²) in [5.74, 6) is -3.77. The van der Waals surface area contributed by atoms with Crippen LogP contribution in [0.3, 0.4) is 0 Å². The van der Waals surface area contributed by atoms with E-state index in [-0.39, 0.29) is 18.9 Å². The Bertz CT molecular complexity index is 1130. The third kappa shape index (κ3) is 8.13. The van der Waals surface area contributed by atoms with Gasteiger partial charge in [-0.3, -0.25) is 9.59 Å². The number of amides is 2. The maximum atomic E-state index is 14.2. The maximum absolute atomic E-state index is 14.2. The Morgan fingerprint density at radius 2 is 1.68 bits per heavy atom. The van der Waals surface area contributed by atoms with Gasteiger partial charge in [-0.1, -0.05) is 57.9 Å². The second-order valence-corrected chi connectivity index (χ2v) is 11.5. The second-order valence-electron chi connectivity index (χ2n) is 11.5. The van der Waals surface area contributed by atoms with Gasteiger partial charge in [0.15, 0.2) is 0 Å².